The van der Waals surface area contributed by atoms with Gasteiger partial charge in [0.2, 0.25) is 11.8 Å². The van der Waals surface area contributed by atoms with E-state index in [0.717, 1.165) is 40.3 Å². The van der Waals surface area contributed by atoms with Crippen LogP contribution in [-0.2, 0) is 22.7 Å². The van der Waals surface area contributed by atoms with Crippen LogP contribution in [0.15, 0.2) is 96.4 Å². The molecule has 6 rings (SSSR count). The summed E-state index contributed by atoms with van der Waals surface area (Å²) < 4.78 is 1.61. The lowest BCUT2D eigenvalue weighted by atomic mass is 9.86. The van der Waals surface area contributed by atoms with Gasteiger partial charge in [0.15, 0.2) is 0 Å². The van der Waals surface area contributed by atoms with Crippen LogP contribution in [0.2, 0.25) is 0 Å². The lowest BCUT2D eigenvalue weighted by Gasteiger charge is -2.36. The average Bonchev–Trinajstić information content (AvgIpc) is 3.69. The topological polar surface area (TPSA) is 96.2 Å². The van der Waals surface area contributed by atoms with Gasteiger partial charge < -0.3 is 15.1 Å². The molecule has 5 aromatic rings. The maximum absolute atomic E-state index is 14.3. The van der Waals surface area contributed by atoms with E-state index in [1.165, 1.54) is 11.3 Å². The summed E-state index contributed by atoms with van der Waals surface area (Å²) in [5.74, 6) is -0.472. The van der Waals surface area contributed by atoms with Crippen molar-refractivity contribution in [3.05, 3.63) is 101 Å². The first kappa shape index (κ1) is 29.3. The highest BCUT2D eigenvalue weighted by Crippen LogP contribution is 2.30. The first-order valence-corrected chi connectivity index (χ1v) is 15.6. The SMILES string of the molecule is CN(C)c1ccc(NC(=O)[C@@H](C2CC=CCC2)N(Cc2nc(-c3ccccc3)cs2)C(=O)Cn2nnc3ccccc32)cc1. The van der Waals surface area contributed by atoms with Crippen LogP contribution in [-0.4, -0.2) is 56.8 Å². The van der Waals surface area contributed by atoms with Gasteiger partial charge in [-0.2, -0.15) is 0 Å². The van der Waals surface area contributed by atoms with Gasteiger partial charge >= 0.3 is 0 Å². The molecule has 224 valence electrons. The van der Waals surface area contributed by atoms with Gasteiger partial charge in [0.25, 0.3) is 0 Å². The predicted octanol–water partition coefficient (Wildman–Crippen LogP) is 6.01. The second kappa shape index (κ2) is 13.2. The number of aromatic nitrogens is 4. The van der Waals surface area contributed by atoms with Gasteiger partial charge in [0.1, 0.15) is 23.1 Å². The Morgan fingerprint density at radius 3 is 2.52 bits per heavy atom. The summed E-state index contributed by atoms with van der Waals surface area (Å²) in [6.07, 6.45) is 6.63. The Labute approximate surface area is 260 Å². The lowest BCUT2D eigenvalue weighted by molar-refractivity contribution is -0.142. The first-order valence-electron chi connectivity index (χ1n) is 14.8. The number of nitrogens with one attached hydrogen (secondary N) is 1. The Hall–Kier alpha value is -4.83. The number of amides is 2. The van der Waals surface area contributed by atoms with Crippen LogP contribution in [0.5, 0.6) is 0 Å². The molecule has 0 saturated heterocycles. The van der Waals surface area contributed by atoms with Gasteiger partial charge in [-0.3, -0.25) is 9.59 Å². The maximum Gasteiger partial charge on any atom is 0.247 e. The minimum absolute atomic E-state index is 0.0404. The molecule has 2 heterocycles. The van der Waals surface area contributed by atoms with Gasteiger partial charge in [0, 0.05) is 36.4 Å². The molecular formula is C34H35N7O2S. The number of fused-ring (bicyclic) bond motifs is 1. The molecule has 0 saturated carbocycles. The third-order valence-electron chi connectivity index (χ3n) is 7.96. The molecule has 0 bridgehead atoms. The number of carbonyl (C=O) groups excluding carboxylic acids is 2. The molecular weight excluding hydrogens is 570 g/mol. The highest BCUT2D eigenvalue weighted by atomic mass is 32.1. The molecule has 9 nitrogen and oxygen atoms in total. The van der Waals surface area contributed by atoms with Gasteiger partial charge in [-0.1, -0.05) is 59.8 Å². The van der Waals surface area contributed by atoms with Crippen molar-refractivity contribution in [1.82, 2.24) is 24.9 Å². The van der Waals surface area contributed by atoms with E-state index in [4.69, 9.17) is 4.98 Å². The molecule has 2 aromatic heterocycles. The number of benzene rings is 3. The summed E-state index contributed by atoms with van der Waals surface area (Å²) in [5.41, 5.74) is 5.06. The summed E-state index contributed by atoms with van der Waals surface area (Å²) in [6.45, 7) is 0.169. The van der Waals surface area contributed by atoms with E-state index in [0.29, 0.717) is 17.6 Å². The normalized spacial score (nSPS) is 15.2. The smallest absolute Gasteiger partial charge is 0.247 e. The van der Waals surface area contributed by atoms with Crippen LogP contribution >= 0.6 is 11.3 Å². The van der Waals surface area contributed by atoms with Crippen molar-refractivity contribution in [2.45, 2.75) is 38.4 Å². The number of thiazole rings is 1. The van der Waals surface area contributed by atoms with Gasteiger partial charge in [-0.15, -0.1) is 16.4 Å². The number of allylic oxidation sites excluding steroid dienone is 2. The third kappa shape index (κ3) is 6.55. The summed E-state index contributed by atoms with van der Waals surface area (Å²) in [7, 11) is 3.95. The van der Waals surface area contributed by atoms with E-state index in [2.05, 4.69) is 27.8 Å². The zero-order valence-electron chi connectivity index (χ0n) is 24.8. The second-order valence-corrected chi connectivity index (χ2v) is 12.1. The van der Waals surface area contributed by atoms with Crippen LogP contribution < -0.4 is 10.2 Å². The number of anilines is 2. The Kier molecular flexibility index (Phi) is 8.79. The molecule has 1 N–H and O–H groups in total. The lowest BCUT2D eigenvalue weighted by Crippen LogP contribution is -2.52. The third-order valence-corrected chi connectivity index (χ3v) is 8.80. The molecule has 1 unspecified atom stereocenters. The van der Waals surface area contributed by atoms with Crippen LogP contribution in [0.3, 0.4) is 0 Å². The van der Waals surface area contributed by atoms with Crippen molar-refractivity contribution in [2.24, 2.45) is 5.92 Å². The Morgan fingerprint density at radius 2 is 1.77 bits per heavy atom. The molecule has 0 spiro atoms. The molecule has 1 aliphatic rings. The summed E-state index contributed by atoms with van der Waals surface area (Å²) in [5, 5.41) is 14.4. The molecule has 10 heteroatoms. The fraction of sp³-hybridized carbons (Fsp3) is 0.265. The van der Waals surface area contributed by atoms with Gasteiger partial charge in [0.05, 0.1) is 17.8 Å². The Bertz CT molecular complexity index is 1760. The summed E-state index contributed by atoms with van der Waals surface area (Å²) in [4.78, 5) is 37.1. The molecule has 44 heavy (non-hydrogen) atoms. The number of hydrogen-bond donors (Lipinski definition) is 1. The predicted molar refractivity (Wildman–Crippen MR) is 175 cm³/mol. The molecule has 3 aromatic carbocycles. The highest BCUT2D eigenvalue weighted by Gasteiger charge is 2.37. The van der Waals surface area contributed by atoms with Crippen molar-refractivity contribution in [3.8, 4) is 11.3 Å². The molecule has 1 aliphatic carbocycles. The molecule has 0 fully saturated rings. The molecule has 0 aliphatic heterocycles. The zero-order valence-corrected chi connectivity index (χ0v) is 25.7. The number of hydrogen-bond acceptors (Lipinski definition) is 7. The van der Waals surface area contributed by atoms with Crippen LogP contribution in [0, 0.1) is 5.92 Å². The van der Waals surface area contributed by atoms with Crippen LogP contribution in [0.1, 0.15) is 24.3 Å². The van der Waals surface area contributed by atoms with Crippen molar-refractivity contribution in [2.75, 3.05) is 24.3 Å². The van der Waals surface area contributed by atoms with E-state index in [1.54, 1.807) is 9.58 Å². The highest BCUT2D eigenvalue weighted by molar-refractivity contribution is 7.09. The number of para-hydroxylation sites is 1. The van der Waals surface area contributed by atoms with Crippen LogP contribution in [0.4, 0.5) is 11.4 Å². The van der Waals surface area contributed by atoms with E-state index < -0.39 is 6.04 Å². The number of nitrogens with zero attached hydrogens (tertiary/aromatic N) is 6. The van der Waals surface area contributed by atoms with Crippen molar-refractivity contribution >= 4 is 45.6 Å². The standard InChI is InChI=1S/C34H35N7O2S/c1-39(2)27-19-17-26(18-20-27)35-34(43)33(25-13-7-4-8-14-25)40(21-31-36-29(23-44-31)24-11-5-3-6-12-24)32(42)22-41-30-16-10-9-15-28(30)37-38-41/h3-7,9-12,15-20,23,25,33H,8,13-14,21-22H2,1-2H3,(H,35,43)/t25?,33-/m1/s1. The minimum atomic E-state index is -0.708. The molecule has 2 atom stereocenters. The largest absolute Gasteiger partial charge is 0.378 e. The summed E-state index contributed by atoms with van der Waals surface area (Å²) in [6, 6.07) is 24.5. The number of rotatable bonds is 10. The Morgan fingerprint density at radius 1 is 1.00 bits per heavy atom. The second-order valence-electron chi connectivity index (χ2n) is 11.2. The zero-order chi connectivity index (χ0) is 30.5. The molecule has 0 radical (unpaired) electrons. The fourth-order valence-corrected chi connectivity index (χ4v) is 6.44. The minimum Gasteiger partial charge on any atom is -0.378 e. The van der Waals surface area contributed by atoms with E-state index >= 15 is 0 Å². The summed E-state index contributed by atoms with van der Waals surface area (Å²) >= 11 is 1.49. The van der Waals surface area contributed by atoms with Crippen molar-refractivity contribution in [3.63, 3.8) is 0 Å². The van der Waals surface area contributed by atoms with E-state index in [1.807, 2.05) is 103 Å². The van der Waals surface area contributed by atoms with Crippen molar-refractivity contribution < 1.29 is 9.59 Å². The number of carbonyl (C=O) groups is 2. The van der Waals surface area contributed by atoms with E-state index in [-0.39, 0.29) is 30.8 Å². The first-order chi connectivity index (χ1) is 21.5. The van der Waals surface area contributed by atoms with Crippen molar-refractivity contribution in [1.29, 1.82) is 0 Å². The monoisotopic (exact) mass is 605 g/mol. The molecule has 2 amide bonds. The Balaban J connectivity index is 1.34. The van der Waals surface area contributed by atoms with Gasteiger partial charge in [-0.05, 0) is 61.6 Å². The van der Waals surface area contributed by atoms with E-state index in [9.17, 15) is 9.59 Å². The quantitative estimate of drug-likeness (QED) is 0.196. The van der Waals surface area contributed by atoms with Crippen LogP contribution in [0.25, 0.3) is 22.3 Å². The fourth-order valence-electron chi connectivity index (χ4n) is 5.64. The average molecular weight is 606 g/mol. The maximum atomic E-state index is 14.3. The van der Waals surface area contributed by atoms with Gasteiger partial charge in [-0.25, -0.2) is 9.67 Å².